The number of hydrogen-bond donors (Lipinski definition) is 0. The summed E-state index contributed by atoms with van der Waals surface area (Å²) in [6, 6.07) is 0.515. The summed E-state index contributed by atoms with van der Waals surface area (Å²) in [6.07, 6.45) is 7.11. The van der Waals surface area contributed by atoms with Gasteiger partial charge in [0.25, 0.3) is 0 Å². The van der Waals surface area contributed by atoms with E-state index in [0.29, 0.717) is 24.5 Å². The molecule has 0 N–H and O–H groups in total. The zero-order chi connectivity index (χ0) is 16.4. The third kappa shape index (κ3) is 3.74. The van der Waals surface area contributed by atoms with E-state index in [1.54, 1.807) is 7.11 Å². The molecule has 1 aliphatic heterocycles. The van der Waals surface area contributed by atoms with Gasteiger partial charge in [0.2, 0.25) is 5.91 Å². The maximum Gasteiger partial charge on any atom is 0.231 e. The minimum absolute atomic E-state index is 0.206. The fourth-order valence-electron chi connectivity index (χ4n) is 4.37. The number of hydrogen-bond acceptors (Lipinski definition) is 3. The smallest absolute Gasteiger partial charge is 0.231 e. The van der Waals surface area contributed by atoms with Crippen molar-refractivity contribution in [3.63, 3.8) is 0 Å². The van der Waals surface area contributed by atoms with Crippen LogP contribution in [0.5, 0.6) is 0 Å². The van der Waals surface area contributed by atoms with Crippen molar-refractivity contribution < 1.29 is 9.53 Å². The molecule has 0 radical (unpaired) electrons. The Morgan fingerprint density at radius 2 is 1.96 bits per heavy atom. The second kappa shape index (κ2) is 7.10. The molecule has 3 rings (SSSR count). The van der Waals surface area contributed by atoms with E-state index < -0.39 is 0 Å². The van der Waals surface area contributed by atoms with E-state index >= 15 is 0 Å². The molecule has 0 aromatic carbocycles. The Bertz CT molecular complexity index is 416. The van der Waals surface area contributed by atoms with Crippen molar-refractivity contribution in [1.82, 2.24) is 9.80 Å². The van der Waals surface area contributed by atoms with E-state index in [4.69, 9.17) is 4.74 Å². The van der Waals surface area contributed by atoms with E-state index in [1.165, 1.54) is 25.8 Å². The van der Waals surface area contributed by atoms with Crippen LogP contribution in [0, 0.1) is 17.3 Å². The van der Waals surface area contributed by atoms with Crippen LogP contribution >= 0.6 is 0 Å². The normalized spacial score (nSPS) is 28.5. The van der Waals surface area contributed by atoms with Gasteiger partial charge in [-0.3, -0.25) is 9.69 Å². The van der Waals surface area contributed by atoms with Gasteiger partial charge >= 0.3 is 0 Å². The summed E-state index contributed by atoms with van der Waals surface area (Å²) < 4.78 is 5.39. The average molecular weight is 322 g/mol. The predicted octanol–water partition coefficient (Wildman–Crippen LogP) is 2.77. The van der Waals surface area contributed by atoms with E-state index in [1.807, 2.05) is 0 Å². The van der Waals surface area contributed by atoms with Crippen LogP contribution in [0.1, 0.15) is 52.4 Å². The lowest BCUT2D eigenvalue weighted by molar-refractivity contribution is -0.152. The molecule has 3 fully saturated rings. The maximum atomic E-state index is 13.2. The third-order valence-electron chi connectivity index (χ3n) is 6.18. The molecule has 4 nitrogen and oxygen atoms in total. The Morgan fingerprint density at radius 3 is 2.48 bits per heavy atom. The van der Waals surface area contributed by atoms with Gasteiger partial charge in [-0.15, -0.1) is 0 Å². The van der Waals surface area contributed by atoms with Gasteiger partial charge < -0.3 is 9.64 Å². The lowest BCUT2D eigenvalue weighted by Gasteiger charge is -2.44. The molecule has 0 unspecified atom stereocenters. The highest BCUT2D eigenvalue weighted by Gasteiger charge is 2.47. The van der Waals surface area contributed by atoms with Crippen LogP contribution in [0.25, 0.3) is 0 Å². The van der Waals surface area contributed by atoms with Crippen LogP contribution in [0.3, 0.4) is 0 Å². The molecular formula is C19H34N2O2. The zero-order valence-corrected chi connectivity index (χ0v) is 15.2. The van der Waals surface area contributed by atoms with Crippen LogP contribution in [0.2, 0.25) is 0 Å². The van der Waals surface area contributed by atoms with Gasteiger partial charge in [0.1, 0.15) is 0 Å². The second-order valence-corrected chi connectivity index (χ2v) is 8.42. The molecule has 1 saturated heterocycles. The van der Waals surface area contributed by atoms with Crippen LogP contribution < -0.4 is 0 Å². The van der Waals surface area contributed by atoms with Gasteiger partial charge in [0.05, 0.1) is 12.0 Å². The van der Waals surface area contributed by atoms with Crippen LogP contribution in [-0.2, 0) is 9.53 Å². The topological polar surface area (TPSA) is 32.8 Å². The van der Waals surface area contributed by atoms with Crippen LogP contribution in [0.15, 0.2) is 0 Å². The van der Waals surface area contributed by atoms with Crippen molar-refractivity contribution in [2.75, 3.05) is 39.9 Å². The molecule has 1 heterocycles. The van der Waals surface area contributed by atoms with Crippen LogP contribution in [0.4, 0.5) is 0 Å². The monoisotopic (exact) mass is 322 g/mol. The van der Waals surface area contributed by atoms with Gasteiger partial charge in [-0.2, -0.15) is 0 Å². The van der Waals surface area contributed by atoms with Crippen molar-refractivity contribution in [3.05, 3.63) is 0 Å². The SMILES string of the molecule is COCC1(C(=O)N2CCCN(CC3CC3)[C@H](C(C)C)C2)CCC1. The van der Waals surface area contributed by atoms with Crippen molar-refractivity contribution >= 4 is 5.91 Å². The van der Waals surface area contributed by atoms with E-state index in [-0.39, 0.29) is 5.41 Å². The molecule has 3 aliphatic rings. The molecule has 0 aromatic heterocycles. The van der Waals surface area contributed by atoms with E-state index in [0.717, 1.165) is 44.8 Å². The van der Waals surface area contributed by atoms with Crippen LogP contribution in [-0.4, -0.2) is 61.6 Å². The van der Waals surface area contributed by atoms with Gasteiger partial charge in [-0.1, -0.05) is 20.3 Å². The zero-order valence-electron chi connectivity index (χ0n) is 15.2. The molecule has 1 atom stereocenters. The lowest BCUT2D eigenvalue weighted by Crippen LogP contribution is -2.53. The maximum absolute atomic E-state index is 13.2. The standard InChI is InChI=1S/C19H34N2O2/c1-15(2)17-13-21(11-5-10-20(17)12-16-6-7-16)18(22)19(14-23-3)8-4-9-19/h15-17H,4-14H2,1-3H3/t17-/m0/s1. The molecule has 0 spiro atoms. The summed E-state index contributed by atoms with van der Waals surface area (Å²) in [7, 11) is 1.73. The first-order valence-electron chi connectivity index (χ1n) is 9.58. The van der Waals surface area contributed by atoms with E-state index in [9.17, 15) is 4.79 Å². The number of carbonyl (C=O) groups is 1. The van der Waals surface area contributed by atoms with Crippen molar-refractivity contribution in [1.29, 1.82) is 0 Å². The summed E-state index contributed by atoms with van der Waals surface area (Å²) >= 11 is 0. The Morgan fingerprint density at radius 1 is 1.22 bits per heavy atom. The number of ether oxygens (including phenoxy) is 1. The Kier molecular flexibility index (Phi) is 5.32. The average Bonchev–Trinajstić information content (AvgIpc) is 3.29. The van der Waals surface area contributed by atoms with Crippen molar-refractivity contribution in [2.45, 2.75) is 58.4 Å². The molecular weight excluding hydrogens is 288 g/mol. The van der Waals surface area contributed by atoms with Gasteiger partial charge in [0.15, 0.2) is 0 Å². The molecule has 1 amide bonds. The van der Waals surface area contributed by atoms with Gasteiger partial charge in [-0.05, 0) is 43.9 Å². The number of nitrogens with zero attached hydrogens (tertiary/aromatic N) is 2. The fourth-order valence-corrected chi connectivity index (χ4v) is 4.37. The highest BCUT2D eigenvalue weighted by molar-refractivity contribution is 5.84. The van der Waals surface area contributed by atoms with Crippen molar-refractivity contribution in [2.24, 2.45) is 17.3 Å². The summed E-state index contributed by atoms with van der Waals surface area (Å²) in [6.45, 7) is 9.46. The number of carbonyl (C=O) groups excluding carboxylic acids is 1. The number of rotatable bonds is 6. The van der Waals surface area contributed by atoms with Gasteiger partial charge in [0, 0.05) is 39.3 Å². The molecule has 132 valence electrons. The highest BCUT2D eigenvalue weighted by Crippen LogP contribution is 2.43. The lowest BCUT2D eigenvalue weighted by atomic mass is 9.68. The largest absolute Gasteiger partial charge is 0.384 e. The molecule has 2 saturated carbocycles. The first kappa shape index (κ1) is 17.2. The second-order valence-electron chi connectivity index (χ2n) is 8.42. The summed E-state index contributed by atoms with van der Waals surface area (Å²) in [5.74, 6) is 1.89. The quantitative estimate of drug-likeness (QED) is 0.754. The predicted molar refractivity (Wildman–Crippen MR) is 92.3 cm³/mol. The number of amides is 1. The Balaban J connectivity index is 1.68. The molecule has 0 bridgehead atoms. The van der Waals surface area contributed by atoms with E-state index in [2.05, 4.69) is 23.6 Å². The first-order chi connectivity index (χ1) is 11.1. The molecule has 0 aromatic rings. The minimum atomic E-state index is -0.206. The Hall–Kier alpha value is -0.610. The first-order valence-corrected chi connectivity index (χ1v) is 9.58. The summed E-state index contributed by atoms with van der Waals surface area (Å²) in [5.41, 5.74) is -0.206. The fraction of sp³-hybridized carbons (Fsp3) is 0.947. The molecule has 4 heteroatoms. The Labute approximate surface area is 141 Å². The minimum Gasteiger partial charge on any atom is -0.384 e. The summed E-state index contributed by atoms with van der Waals surface area (Å²) in [4.78, 5) is 18.0. The molecule has 23 heavy (non-hydrogen) atoms. The van der Waals surface area contributed by atoms with Gasteiger partial charge in [-0.25, -0.2) is 0 Å². The summed E-state index contributed by atoms with van der Waals surface area (Å²) in [5, 5.41) is 0. The number of methoxy groups -OCH3 is 1. The van der Waals surface area contributed by atoms with Crippen molar-refractivity contribution in [3.8, 4) is 0 Å². The molecule has 2 aliphatic carbocycles. The third-order valence-corrected chi connectivity index (χ3v) is 6.18. The highest BCUT2D eigenvalue weighted by atomic mass is 16.5.